The van der Waals surface area contributed by atoms with Crippen LogP contribution in [-0.2, 0) is 4.79 Å². The van der Waals surface area contributed by atoms with Gasteiger partial charge in [-0.15, -0.1) is 0 Å². The molecule has 1 heterocycles. The lowest BCUT2D eigenvalue weighted by Gasteiger charge is -2.35. The number of amides is 1. The van der Waals surface area contributed by atoms with Crippen molar-refractivity contribution in [3.05, 3.63) is 0 Å². The molecule has 1 aliphatic rings. The van der Waals surface area contributed by atoms with Gasteiger partial charge in [-0.25, -0.2) is 0 Å². The molecule has 88 valence electrons. The summed E-state index contributed by atoms with van der Waals surface area (Å²) in [5, 5.41) is 3.43. The highest BCUT2D eigenvalue weighted by molar-refractivity contribution is 5.76. The zero-order chi connectivity index (χ0) is 11.4. The van der Waals surface area contributed by atoms with E-state index < -0.39 is 0 Å². The van der Waals surface area contributed by atoms with E-state index in [9.17, 15) is 4.79 Å². The summed E-state index contributed by atoms with van der Waals surface area (Å²) in [5.41, 5.74) is 5.21. The summed E-state index contributed by atoms with van der Waals surface area (Å²) in [7, 11) is 2.16. The number of carbonyl (C=O) groups excluding carboxylic acids is 1. The molecule has 0 saturated carbocycles. The summed E-state index contributed by atoms with van der Waals surface area (Å²) in [6.07, 6.45) is 2.31. The predicted octanol–water partition coefficient (Wildman–Crippen LogP) is 0.180. The fourth-order valence-corrected chi connectivity index (χ4v) is 1.92. The molecule has 4 heteroatoms. The summed E-state index contributed by atoms with van der Waals surface area (Å²) in [6, 6.07) is 1.16. The molecule has 0 aliphatic carbocycles. The molecule has 4 nitrogen and oxygen atoms in total. The van der Waals surface area contributed by atoms with E-state index in [1.807, 2.05) is 6.92 Å². The number of hydrogen-bond donors (Lipinski definition) is 2. The standard InChI is InChI=1S/C11H23N3O/c1-8(11(12)15)7-13-10-4-5-14(3)9(2)6-10/h8-10,13H,4-7H2,1-3H3,(H2,12,15). The lowest BCUT2D eigenvalue weighted by atomic mass is 9.98. The number of carbonyl (C=O) groups is 1. The molecule has 15 heavy (non-hydrogen) atoms. The predicted molar refractivity (Wildman–Crippen MR) is 61.5 cm³/mol. The normalized spacial score (nSPS) is 30.1. The number of rotatable bonds is 4. The molecule has 0 bridgehead atoms. The van der Waals surface area contributed by atoms with E-state index >= 15 is 0 Å². The quantitative estimate of drug-likeness (QED) is 0.700. The highest BCUT2D eigenvalue weighted by Crippen LogP contribution is 2.15. The van der Waals surface area contributed by atoms with Crippen LogP contribution in [0, 0.1) is 5.92 Å². The summed E-state index contributed by atoms with van der Waals surface area (Å²) < 4.78 is 0. The fourth-order valence-electron chi connectivity index (χ4n) is 1.92. The maximum absolute atomic E-state index is 10.9. The van der Waals surface area contributed by atoms with E-state index in [-0.39, 0.29) is 11.8 Å². The van der Waals surface area contributed by atoms with E-state index in [1.165, 1.54) is 0 Å². The SMILES string of the molecule is CC(CNC1CCN(C)C(C)C1)C(N)=O. The first-order valence-electron chi connectivity index (χ1n) is 5.73. The summed E-state index contributed by atoms with van der Waals surface area (Å²) in [5.74, 6) is -0.288. The van der Waals surface area contributed by atoms with Gasteiger partial charge in [-0.05, 0) is 33.4 Å². The Bertz CT molecular complexity index is 220. The van der Waals surface area contributed by atoms with Crippen LogP contribution >= 0.6 is 0 Å². The van der Waals surface area contributed by atoms with Crippen molar-refractivity contribution in [1.82, 2.24) is 10.2 Å². The van der Waals surface area contributed by atoms with Crippen molar-refractivity contribution in [2.24, 2.45) is 11.7 Å². The van der Waals surface area contributed by atoms with Crippen molar-refractivity contribution in [3.8, 4) is 0 Å². The van der Waals surface area contributed by atoms with Crippen molar-refractivity contribution in [1.29, 1.82) is 0 Å². The summed E-state index contributed by atoms with van der Waals surface area (Å²) in [4.78, 5) is 13.2. The smallest absolute Gasteiger partial charge is 0.221 e. The van der Waals surface area contributed by atoms with Gasteiger partial charge in [0.15, 0.2) is 0 Å². The lowest BCUT2D eigenvalue weighted by Crippen LogP contribution is -2.47. The number of nitrogens with one attached hydrogen (secondary N) is 1. The molecular weight excluding hydrogens is 190 g/mol. The second-order valence-corrected chi connectivity index (χ2v) is 4.76. The van der Waals surface area contributed by atoms with Crippen LogP contribution in [0.15, 0.2) is 0 Å². The molecule has 0 radical (unpaired) electrons. The van der Waals surface area contributed by atoms with Gasteiger partial charge in [0.1, 0.15) is 0 Å². The average molecular weight is 213 g/mol. The highest BCUT2D eigenvalue weighted by atomic mass is 16.1. The van der Waals surface area contributed by atoms with Crippen LogP contribution in [0.5, 0.6) is 0 Å². The van der Waals surface area contributed by atoms with Gasteiger partial charge in [0.2, 0.25) is 5.91 Å². The topological polar surface area (TPSA) is 58.4 Å². The van der Waals surface area contributed by atoms with Gasteiger partial charge >= 0.3 is 0 Å². The molecule has 0 aromatic rings. The van der Waals surface area contributed by atoms with E-state index in [1.54, 1.807) is 0 Å². The first kappa shape index (κ1) is 12.5. The summed E-state index contributed by atoms with van der Waals surface area (Å²) in [6.45, 7) is 5.94. The zero-order valence-corrected chi connectivity index (χ0v) is 9.99. The summed E-state index contributed by atoms with van der Waals surface area (Å²) >= 11 is 0. The monoisotopic (exact) mass is 213 g/mol. The Morgan fingerprint density at radius 1 is 1.67 bits per heavy atom. The number of primary amides is 1. The lowest BCUT2D eigenvalue weighted by molar-refractivity contribution is -0.121. The number of hydrogen-bond acceptors (Lipinski definition) is 3. The third-order valence-electron chi connectivity index (χ3n) is 3.41. The van der Waals surface area contributed by atoms with Gasteiger partial charge in [0, 0.05) is 24.5 Å². The first-order valence-corrected chi connectivity index (χ1v) is 5.73. The van der Waals surface area contributed by atoms with Crippen molar-refractivity contribution in [2.45, 2.75) is 38.8 Å². The van der Waals surface area contributed by atoms with Gasteiger partial charge in [0.25, 0.3) is 0 Å². The molecule has 3 N–H and O–H groups in total. The molecule has 0 aromatic carbocycles. The number of piperidine rings is 1. The number of nitrogens with zero attached hydrogens (tertiary/aromatic N) is 1. The van der Waals surface area contributed by atoms with E-state index in [0.29, 0.717) is 18.6 Å². The molecule has 1 saturated heterocycles. The Morgan fingerprint density at radius 2 is 2.33 bits per heavy atom. The molecule has 1 fully saturated rings. The van der Waals surface area contributed by atoms with Gasteiger partial charge in [0.05, 0.1) is 0 Å². The van der Waals surface area contributed by atoms with E-state index in [4.69, 9.17) is 5.73 Å². The van der Waals surface area contributed by atoms with Crippen molar-refractivity contribution < 1.29 is 4.79 Å². The van der Waals surface area contributed by atoms with Crippen LogP contribution in [0.1, 0.15) is 26.7 Å². The van der Waals surface area contributed by atoms with Gasteiger partial charge < -0.3 is 16.0 Å². The van der Waals surface area contributed by atoms with Crippen molar-refractivity contribution >= 4 is 5.91 Å². The Kier molecular flexibility index (Phi) is 4.54. The molecule has 1 amide bonds. The van der Waals surface area contributed by atoms with Crippen molar-refractivity contribution in [3.63, 3.8) is 0 Å². The van der Waals surface area contributed by atoms with Gasteiger partial charge in [-0.1, -0.05) is 6.92 Å². The maximum atomic E-state index is 10.9. The maximum Gasteiger partial charge on any atom is 0.221 e. The minimum Gasteiger partial charge on any atom is -0.369 e. The van der Waals surface area contributed by atoms with Crippen LogP contribution < -0.4 is 11.1 Å². The molecular formula is C11H23N3O. The van der Waals surface area contributed by atoms with Gasteiger partial charge in [-0.2, -0.15) is 0 Å². The van der Waals surface area contributed by atoms with Crippen LogP contribution in [0.4, 0.5) is 0 Å². The first-order chi connectivity index (χ1) is 7.00. The molecule has 1 rings (SSSR count). The largest absolute Gasteiger partial charge is 0.369 e. The Balaban J connectivity index is 2.25. The second kappa shape index (κ2) is 5.47. The highest BCUT2D eigenvalue weighted by Gasteiger charge is 2.22. The Morgan fingerprint density at radius 3 is 2.87 bits per heavy atom. The molecule has 3 atom stereocenters. The molecule has 0 aromatic heterocycles. The van der Waals surface area contributed by atoms with Crippen molar-refractivity contribution in [2.75, 3.05) is 20.1 Å². The van der Waals surface area contributed by atoms with Crippen LogP contribution in [0.25, 0.3) is 0 Å². The Labute approximate surface area is 92.2 Å². The third kappa shape index (κ3) is 3.80. The van der Waals surface area contributed by atoms with E-state index in [2.05, 4.69) is 24.2 Å². The van der Waals surface area contributed by atoms with E-state index in [0.717, 1.165) is 19.4 Å². The zero-order valence-electron chi connectivity index (χ0n) is 9.99. The molecule has 0 spiro atoms. The Hall–Kier alpha value is -0.610. The average Bonchev–Trinajstić information content (AvgIpc) is 2.19. The number of nitrogens with two attached hydrogens (primary N) is 1. The fraction of sp³-hybridized carbons (Fsp3) is 0.909. The van der Waals surface area contributed by atoms with Crippen LogP contribution in [-0.4, -0.2) is 43.0 Å². The molecule has 3 unspecified atom stereocenters. The minimum atomic E-state index is -0.219. The van der Waals surface area contributed by atoms with Crippen LogP contribution in [0.2, 0.25) is 0 Å². The third-order valence-corrected chi connectivity index (χ3v) is 3.41. The van der Waals surface area contributed by atoms with Crippen LogP contribution in [0.3, 0.4) is 0 Å². The second-order valence-electron chi connectivity index (χ2n) is 4.76. The van der Waals surface area contributed by atoms with Gasteiger partial charge in [-0.3, -0.25) is 4.79 Å². The number of likely N-dealkylation sites (tertiary alicyclic amines) is 1. The molecule has 1 aliphatic heterocycles. The minimum absolute atomic E-state index is 0.0695.